The van der Waals surface area contributed by atoms with E-state index in [1.807, 2.05) is 6.92 Å². The summed E-state index contributed by atoms with van der Waals surface area (Å²) in [6, 6.07) is 1.13. The normalized spacial score (nSPS) is 25.3. The van der Waals surface area contributed by atoms with E-state index in [4.69, 9.17) is 60.4 Å². The van der Waals surface area contributed by atoms with Crippen molar-refractivity contribution >= 4 is 92.9 Å². The molecule has 42 heavy (non-hydrogen) atoms. The van der Waals surface area contributed by atoms with Crippen LogP contribution >= 0.6 is 0 Å². The van der Waals surface area contributed by atoms with E-state index in [0.717, 1.165) is 0 Å². The average Bonchev–Trinajstić information content (AvgIpc) is 2.94. The first kappa shape index (κ1) is 41.9. The molecule has 0 radical (unpaired) electrons. The molecule has 0 spiro atoms. The Labute approximate surface area is 267 Å². The number of rotatable bonds is 21. The molecular formula is C15H46Al2O18Si7. The predicted octanol–water partition coefficient (Wildman–Crippen LogP) is -0.726. The highest BCUT2D eigenvalue weighted by Crippen LogP contribution is 2.32. The summed E-state index contributed by atoms with van der Waals surface area (Å²) in [6.45, 7) is 10.2. The van der Waals surface area contributed by atoms with E-state index in [2.05, 4.69) is 0 Å². The van der Waals surface area contributed by atoms with Crippen LogP contribution in [-0.2, 0) is 60.4 Å². The summed E-state index contributed by atoms with van der Waals surface area (Å²) in [6.07, 6.45) is 0. The van der Waals surface area contributed by atoms with E-state index < -0.39 is 92.9 Å². The van der Waals surface area contributed by atoms with Crippen LogP contribution in [0.15, 0.2) is 0 Å². The van der Waals surface area contributed by atoms with Gasteiger partial charge in [-0.1, -0.05) is 20.8 Å². The molecule has 1 aliphatic rings. The van der Waals surface area contributed by atoms with Gasteiger partial charge in [0.15, 0.2) is 0 Å². The van der Waals surface area contributed by atoms with Crippen LogP contribution in [0, 0.1) is 0 Å². The van der Waals surface area contributed by atoms with Gasteiger partial charge in [0.25, 0.3) is 0 Å². The van der Waals surface area contributed by atoms with Crippen molar-refractivity contribution in [3.05, 3.63) is 0 Å². The van der Waals surface area contributed by atoms with Crippen LogP contribution in [-0.4, -0.2) is 150 Å². The Morgan fingerprint density at radius 3 is 1.62 bits per heavy atom. The highest BCUT2D eigenvalue weighted by molar-refractivity contribution is 6.88. The maximum absolute atomic E-state index is 11.2. The molecule has 27 heteroatoms. The summed E-state index contributed by atoms with van der Waals surface area (Å²) in [5, 5.41) is 0. The summed E-state index contributed by atoms with van der Waals surface area (Å²) in [7, 11) is -18.9. The van der Waals surface area contributed by atoms with Crippen molar-refractivity contribution in [1.82, 2.24) is 0 Å². The Morgan fingerprint density at radius 2 is 1.19 bits per heavy atom. The van der Waals surface area contributed by atoms with Crippen molar-refractivity contribution in [2.24, 2.45) is 0 Å². The van der Waals surface area contributed by atoms with Gasteiger partial charge >= 0.3 is 92.9 Å². The molecular weight excluding hydrogens is 719 g/mol. The summed E-state index contributed by atoms with van der Waals surface area (Å²) in [5.41, 5.74) is 0. The maximum Gasteiger partial charge on any atom is 0.882 e. The molecule has 0 saturated carbocycles. The van der Waals surface area contributed by atoms with Crippen LogP contribution in [0.4, 0.5) is 0 Å². The summed E-state index contributed by atoms with van der Waals surface area (Å²) < 4.78 is 86.2. The van der Waals surface area contributed by atoms with Crippen LogP contribution in [0.2, 0.25) is 37.8 Å². The second-order valence-electron chi connectivity index (χ2n) is 9.25. The first-order valence-corrected chi connectivity index (χ1v) is 29.8. The van der Waals surface area contributed by atoms with Crippen molar-refractivity contribution in [3.63, 3.8) is 0 Å². The molecule has 1 fully saturated rings. The lowest BCUT2D eigenvalue weighted by molar-refractivity contribution is -0.0371. The average molecular weight is 765 g/mol. The fourth-order valence-corrected chi connectivity index (χ4v) is 29.4. The number of hydrogen-bond donors (Lipinski definition) is 3. The zero-order valence-electron chi connectivity index (χ0n) is 26.4. The lowest BCUT2D eigenvalue weighted by Gasteiger charge is -2.44. The molecule has 0 bridgehead atoms. The van der Waals surface area contributed by atoms with E-state index in [1.54, 1.807) is 26.9 Å². The van der Waals surface area contributed by atoms with Crippen molar-refractivity contribution in [1.29, 1.82) is 0 Å². The van der Waals surface area contributed by atoms with Crippen LogP contribution in [0.5, 0.6) is 0 Å². The van der Waals surface area contributed by atoms with Gasteiger partial charge in [0.1, 0.15) is 0 Å². The summed E-state index contributed by atoms with van der Waals surface area (Å²) >= 11 is -5.27. The van der Waals surface area contributed by atoms with Crippen molar-refractivity contribution < 1.29 is 74.8 Å². The standard InChI is InChI=1S/C6H18O10Si3.C6H18O6Si3.C3H9O2Si.2Al.H/c1-9-17(7,10-2)15-19(13-5,14-6)16-18(8,11-3)12-4;1-5-13(3,7)11-15(9,10)12-14(4,8)6-2;1-3-6(2,4)5;;;/h1-6H3;7,9H,5-6H2,1-4H3;4H,3H2,1-2H3;;;/q2*-2;-1;+2;+3;/t;13-,14+,15?;6-;;;/m.01.../s1. The van der Waals surface area contributed by atoms with E-state index in [1.165, 1.54) is 49.2 Å². The molecule has 1 heterocycles. The van der Waals surface area contributed by atoms with Gasteiger partial charge < -0.3 is 74.8 Å². The third kappa shape index (κ3) is 12.1. The molecule has 3 N–H and O–H groups in total. The molecule has 1 saturated heterocycles. The quantitative estimate of drug-likeness (QED) is 0.124. The van der Waals surface area contributed by atoms with Gasteiger partial charge in [-0.2, -0.15) is 0 Å². The molecule has 0 aliphatic carbocycles. The Kier molecular flexibility index (Phi) is 17.3. The molecule has 1 unspecified atom stereocenters. The molecule has 0 aromatic heterocycles. The predicted molar refractivity (Wildman–Crippen MR) is 161 cm³/mol. The van der Waals surface area contributed by atoms with Crippen LogP contribution in [0.25, 0.3) is 0 Å². The van der Waals surface area contributed by atoms with Crippen LogP contribution < -0.4 is 0 Å². The topological polar surface area (TPSA) is 199 Å². The minimum atomic E-state index is -4.42. The van der Waals surface area contributed by atoms with E-state index in [0.29, 0.717) is 12.1 Å². The van der Waals surface area contributed by atoms with E-state index >= 15 is 0 Å². The van der Waals surface area contributed by atoms with Crippen molar-refractivity contribution in [2.45, 2.75) is 58.5 Å². The summed E-state index contributed by atoms with van der Waals surface area (Å²) in [5.74, 6) is 0. The van der Waals surface area contributed by atoms with Gasteiger partial charge in [-0.3, -0.25) is 0 Å². The van der Waals surface area contributed by atoms with Crippen LogP contribution in [0.1, 0.15) is 20.8 Å². The molecule has 0 amide bonds. The van der Waals surface area contributed by atoms with E-state index in [-0.39, 0.29) is 6.04 Å². The molecule has 1 aliphatic heterocycles. The molecule has 4 atom stereocenters. The Bertz CT molecular complexity index is 809. The molecule has 248 valence electrons. The molecule has 0 aromatic carbocycles. The lowest BCUT2D eigenvalue weighted by atomic mass is 11.0. The van der Waals surface area contributed by atoms with Gasteiger partial charge in [-0.05, 0) is 37.8 Å². The zero-order chi connectivity index (χ0) is 32.5. The Morgan fingerprint density at radius 1 is 0.714 bits per heavy atom. The molecule has 0 aromatic rings. The first-order chi connectivity index (χ1) is 19.4. The van der Waals surface area contributed by atoms with Crippen molar-refractivity contribution in [2.75, 3.05) is 42.7 Å². The Balaban J connectivity index is 3.33. The Hall–Kier alpha value is 1.86. The smallest absolute Gasteiger partial charge is 0.506 e. The minimum absolute atomic E-state index is 0.275. The SMILES string of the molecule is CC[Si@]1(C)[O][Al]([O][Si](OC)(OC)O[Si](OC)(OC)O[Si](OC)(OC)[O][AlH][O][Si@@](C)(O)CC)[O][Si](O)(O[Si@](C)(O)CC)O1. The first-order valence-electron chi connectivity index (χ1n) is 13.0. The fourth-order valence-electron chi connectivity index (χ4n) is 2.90. The van der Waals surface area contributed by atoms with Gasteiger partial charge in [-0.15, -0.1) is 0 Å². The third-order valence-corrected chi connectivity index (χ3v) is 34.0. The largest absolute Gasteiger partial charge is 0.882 e. The van der Waals surface area contributed by atoms with Gasteiger partial charge in [-0.25, -0.2) is 0 Å². The monoisotopic (exact) mass is 764 g/mol. The van der Waals surface area contributed by atoms with E-state index in [9.17, 15) is 14.4 Å². The molecule has 18 nitrogen and oxygen atoms in total. The fraction of sp³-hybridized carbons (Fsp3) is 1.00. The zero-order valence-corrected chi connectivity index (χ0v) is 35.9. The van der Waals surface area contributed by atoms with Gasteiger partial charge in [0.05, 0.1) is 0 Å². The number of hydrogen-bond acceptors (Lipinski definition) is 18. The van der Waals surface area contributed by atoms with Crippen molar-refractivity contribution in [3.8, 4) is 0 Å². The summed E-state index contributed by atoms with van der Waals surface area (Å²) in [4.78, 5) is 32.2. The third-order valence-electron chi connectivity index (χ3n) is 6.08. The highest BCUT2D eigenvalue weighted by atomic mass is 28.5. The minimum Gasteiger partial charge on any atom is -0.506 e. The highest BCUT2D eigenvalue weighted by Gasteiger charge is 2.69. The van der Waals surface area contributed by atoms with Gasteiger partial charge in [0, 0.05) is 42.7 Å². The lowest BCUT2D eigenvalue weighted by Crippen LogP contribution is -2.72. The second-order valence-corrected chi connectivity index (χ2v) is 34.1. The van der Waals surface area contributed by atoms with Crippen LogP contribution in [0.3, 0.4) is 0 Å². The molecule has 1 rings (SSSR count). The second kappa shape index (κ2) is 17.3. The maximum atomic E-state index is 11.2. The van der Waals surface area contributed by atoms with Gasteiger partial charge in [0.2, 0.25) is 0 Å².